The van der Waals surface area contributed by atoms with E-state index in [1.807, 2.05) is 6.08 Å². The molecule has 0 aromatic rings. The third-order valence-corrected chi connectivity index (χ3v) is 2.46. The van der Waals surface area contributed by atoms with Crippen LogP contribution in [0.5, 0.6) is 0 Å². The van der Waals surface area contributed by atoms with E-state index in [2.05, 4.69) is 39.2 Å². The quantitative estimate of drug-likeness (QED) is 0.553. The second-order valence-electron chi connectivity index (χ2n) is 3.56. The third kappa shape index (κ3) is 3.40. The van der Waals surface area contributed by atoms with Gasteiger partial charge in [-0.25, -0.2) is 0 Å². The first-order valence-corrected chi connectivity index (χ1v) is 5.02. The van der Waals surface area contributed by atoms with Crippen LogP contribution in [0.2, 0.25) is 0 Å². The summed E-state index contributed by atoms with van der Waals surface area (Å²) >= 11 is 0. The van der Waals surface area contributed by atoms with Gasteiger partial charge < -0.3 is 4.90 Å². The highest BCUT2D eigenvalue weighted by Gasteiger charge is 2.16. The van der Waals surface area contributed by atoms with Crippen LogP contribution in [0, 0.1) is 5.92 Å². The Kier molecular flexibility index (Phi) is 6.09. The second kappa shape index (κ2) is 6.24. The summed E-state index contributed by atoms with van der Waals surface area (Å²) in [6.45, 7) is 15.1. The molecule has 1 heteroatoms. The number of hydrogen-bond acceptors (Lipinski definition) is 1. The molecule has 0 saturated carbocycles. The van der Waals surface area contributed by atoms with Crippen molar-refractivity contribution < 1.29 is 0 Å². The number of hydrogen-bond donors (Lipinski definition) is 0. The predicted octanol–water partition coefficient (Wildman–Crippen LogP) is 2.93. The Morgan fingerprint density at radius 1 is 1.25 bits per heavy atom. The van der Waals surface area contributed by atoms with Crippen LogP contribution in [0.25, 0.3) is 0 Å². The molecule has 0 aromatic heterocycles. The maximum atomic E-state index is 3.81. The molecule has 0 spiro atoms. The highest BCUT2D eigenvalue weighted by molar-refractivity contribution is 4.81. The van der Waals surface area contributed by atoms with E-state index in [1.165, 1.54) is 0 Å². The molecule has 1 nitrogen and oxygen atoms in total. The molecule has 0 aliphatic rings. The van der Waals surface area contributed by atoms with Gasteiger partial charge in [0.2, 0.25) is 0 Å². The van der Waals surface area contributed by atoms with Gasteiger partial charge in [0, 0.05) is 6.04 Å². The molecule has 0 bridgehead atoms. The molecular weight excluding hydrogens is 146 g/mol. The Bertz CT molecular complexity index is 114. The molecule has 12 heavy (non-hydrogen) atoms. The smallest absolute Gasteiger partial charge is 0.0152 e. The lowest BCUT2D eigenvalue weighted by atomic mass is 9.99. The molecule has 0 fully saturated rings. The van der Waals surface area contributed by atoms with Gasteiger partial charge in [0.15, 0.2) is 0 Å². The van der Waals surface area contributed by atoms with Crippen molar-refractivity contribution in [1.29, 1.82) is 0 Å². The first-order chi connectivity index (χ1) is 5.67. The minimum absolute atomic E-state index is 0.678. The molecule has 0 aliphatic carbocycles. The largest absolute Gasteiger partial charge is 0.300 e. The van der Waals surface area contributed by atoms with Gasteiger partial charge in [-0.15, -0.1) is 6.58 Å². The highest BCUT2D eigenvalue weighted by Crippen LogP contribution is 2.14. The molecule has 0 amide bonds. The van der Waals surface area contributed by atoms with Crippen molar-refractivity contribution in [2.24, 2.45) is 5.92 Å². The van der Waals surface area contributed by atoms with Crippen LogP contribution in [0.15, 0.2) is 12.7 Å². The summed E-state index contributed by atoms with van der Waals surface area (Å²) in [5.74, 6) is 0.725. The van der Waals surface area contributed by atoms with E-state index in [9.17, 15) is 0 Å². The standard InChI is InChI=1S/C11H23N/c1-6-9-11(10(4)5)12(7-2)8-3/h6,10-11H,1,7-9H2,2-5H3. The Balaban J connectivity index is 4.14. The van der Waals surface area contributed by atoms with Gasteiger partial charge in [0.1, 0.15) is 0 Å². The molecule has 0 heterocycles. The molecular formula is C11H23N. The Morgan fingerprint density at radius 2 is 1.75 bits per heavy atom. The van der Waals surface area contributed by atoms with Crippen LogP contribution in [0.1, 0.15) is 34.1 Å². The lowest BCUT2D eigenvalue weighted by molar-refractivity contribution is 0.172. The van der Waals surface area contributed by atoms with Crippen LogP contribution in [0.4, 0.5) is 0 Å². The second-order valence-corrected chi connectivity index (χ2v) is 3.56. The zero-order valence-electron chi connectivity index (χ0n) is 9.01. The maximum absolute atomic E-state index is 3.81. The third-order valence-electron chi connectivity index (χ3n) is 2.46. The zero-order valence-corrected chi connectivity index (χ0v) is 9.01. The molecule has 0 radical (unpaired) electrons. The van der Waals surface area contributed by atoms with Crippen LogP contribution in [0.3, 0.4) is 0 Å². The highest BCUT2D eigenvalue weighted by atomic mass is 15.1. The van der Waals surface area contributed by atoms with Gasteiger partial charge in [0.25, 0.3) is 0 Å². The molecule has 0 aromatic carbocycles. The van der Waals surface area contributed by atoms with E-state index < -0.39 is 0 Å². The summed E-state index contributed by atoms with van der Waals surface area (Å²) in [5, 5.41) is 0. The molecule has 0 rings (SSSR count). The molecule has 0 N–H and O–H groups in total. The van der Waals surface area contributed by atoms with Gasteiger partial charge in [0.05, 0.1) is 0 Å². The summed E-state index contributed by atoms with van der Waals surface area (Å²) in [6, 6.07) is 0.678. The zero-order chi connectivity index (χ0) is 9.56. The first-order valence-electron chi connectivity index (χ1n) is 5.02. The number of rotatable bonds is 6. The lowest BCUT2D eigenvalue weighted by Crippen LogP contribution is -2.38. The molecule has 0 aliphatic heterocycles. The minimum Gasteiger partial charge on any atom is -0.300 e. The molecule has 72 valence electrons. The van der Waals surface area contributed by atoms with Gasteiger partial charge >= 0.3 is 0 Å². The Morgan fingerprint density at radius 3 is 2.00 bits per heavy atom. The topological polar surface area (TPSA) is 3.24 Å². The Hall–Kier alpha value is -0.300. The monoisotopic (exact) mass is 169 g/mol. The van der Waals surface area contributed by atoms with Crippen LogP contribution in [-0.4, -0.2) is 24.0 Å². The van der Waals surface area contributed by atoms with Gasteiger partial charge in [-0.3, -0.25) is 0 Å². The van der Waals surface area contributed by atoms with E-state index in [0.29, 0.717) is 6.04 Å². The van der Waals surface area contributed by atoms with E-state index >= 15 is 0 Å². The van der Waals surface area contributed by atoms with Crippen molar-refractivity contribution in [3.05, 3.63) is 12.7 Å². The van der Waals surface area contributed by atoms with E-state index in [4.69, 9.17) is 0 Å². The van der Waals surface area contributed by atoms with E-state index in [1.54, 1.807) is 0 Å². The molecule has 1 atom stereocenters. The average Bonchev–Trinajstić information content (AvgIpc) is 2.05. The fourth-order valence-electron chi connectivity index (χ4n) is 1.71. The summed E-state index contributed by atoms with van der Waals surface area (Å²) in [7, 11) is 0. The van der Waals surface area contributed by atoms with Crippen LogP contribution in [-0.2, 0) is 0 Å². The summed E-state index contributed by atoms with van der Waals surface area (Å²) < 4.78 is 0. The predicted molar refractivity (Wildman–Crippen MR) is 56.4 cm³/mol. The van der Waals surface area contributed by atoms with Crippen molar-refractivity contribution in [2.45, 2.75) is 40.2 Å². The lowest BCUT2D eigenvalue weighted by Gasteiger charge is -2.31. The fraction of sp³-hybridized carbons (Fsp3) is 0.818. The van der Waals surface area contributed by atoms with Crippen molar-refractivity contribution in [3.8, 4) is 0 Å². The van der Waals surface area contributed by atoms with E-state index in [-0.39, 0.29) is 0 Å². The van der Waals surface area contributed by atoms with Crippen LogP contribution < -0.4 is 0 Å². The van der Waals surface area contributed by atoms with Crippen molar-refractivity contribution in [2.75, 3.05) is 13.1 Å². The van der Waals surface area contributed by atoms with E-state index in [0.717, 1.165) is 25.4 Å². The number of nitrogens with zero attached hydrogens (tertiary/aromatic N) is 1. The van der Waals surface area contributed by atoms with Crippen molar-refractivity contribution >= 4 is 0 Å². The summed E-state index contributed by atoms with van der Waals surface area (Å²) in [6.07, 6.45) is 3.14. The molecule has 1 unspecified atom stereocenters. The normalized spacial score (nSPS) is 13.8. The Labute approximate surface area is 77.5 Å². The average molecular weight is 169 g/mol. The fourth-order valence-corrected chi connectivity index (χ4v) is 1.71. The molecule has 0 saturated heterocycles. The maximum Gasteiger partial charge on any atom is 0.0152 e. The minimum atomic E-state index is 0.678. The van der Waals surface area contributed by atoms with Crippen molar-refractivity contribution in [3.63, 3.8) is 0 Å². The SMILES string of the molecule is C=CCC(C(C)C)N(CC)CC. The van der Waals surface area contributed by atoms with Gasteiger partial charge in [-0.1, -0.05) is 33.8 Å². The first kappa shape index (κ1) is 11.7. The summed E-state index contributed by atoms with van der Waals surface area (Å²) in [4.78, 5) is 2.51. The van der Waals surface area contributed by atoms with Gasteiger partial charge in [-0.2, -0.15) is 0 Å². The van der Waals surface area contributed by atoms with Crippen LogP contribution >= 0.6 is 0 Å². The van der Waals surface area contributed by atoms with Gasteiger partial charge in [-0.05, 0) is 25.4 Å². The summed E-state index contributed by atoms with van der Waals surface area (Å²) in [5.41, 5.74) is 0. The van der Waals surface area contributed by atoms with Crippen molar-refractivity contribution in [1.82, 2.24) is 4.90 Å².